The van der Waals surface area contributed by atoms with Crippen LogP contribution in [0.1, 0.15) is 55.3 Å². The molecule has 0 bridgehead atoms. The van der Waals surface area contributed by atoms with Crippen molar-refractivity contribution in [3.63, 3.8) is 0 Å². The number of halogens is 2. The zero-order chi connectivity index (χ0) is 15.1. The number of likely N-dealkylation sites (tertiary alicyclic amines) is 1. The van der Waals surface area contributed by atoms with E-state index in [9.17, 15) is 4.79 Å². The predicted octanol–water partition coefficient (Wildman–Crippen LogP) is 5.22. The van der Waals surface area contributed by atoms with E-state index in [1.165, 1.54) is 45.3 Å². The third-order valence-electron chi connectivity index (χ3n) is 4.06. The molecular weight excluding hydrogens is 305 g/mol. The van der Waals surface area contributed by atoms with Gasteiger partial charge in [-0.1, -0.05) is 36.0 Å². The largest absolute Gasteiger partial charge is 0.303 e. The van der Waals surface area contributed by atoms with Crippen LogP contribution in [0, 0.1) is 0 Å². The molecular formula is C17H23Cl2NO. The predicted molar refractivity (Wildman–Crippen MR) is 89.6 cm³/mol. The number of carbonyl (C=O) groups excluding carboxylic acids is 1. The van der Waals surface area contributed by atoms with Gasteiger partial charge in [0.2, 0.25) is 0 Å². The van der Waals surface area contributed by atoms with Crippen LogP contribution in [0.25, 0.3) is 0 Å². The van der Waals surface area contributed by atoms with Gasteiger partial charge in [0.05, 0.1) is 5.02 Å². The Labute approximate surface area is 137 Å². The van der Waals surface area contributed by atoms with Gasteiger partial charge in [0.15, 0.2) is 5.78 Å². The van der Waals surface area contributed by atoms with Crippen molar-refractivity contribution in [2.45, 2.75) is 44.9 Å². The molecule has 1 aliphatic rings. The van der Waals surface area contributed by atoms with Crippen LogP contribution in [0.2, 0.25) is 10.0 Å². The molecule has 116 valence electrons. The van der Waals surface area contributed by atoms with E-state index in [4.69, 9.17) is 23.2 Å². The molecule has 0 atom stereocenters. The summed E-state index contributed by atoms with van der Waals surface area (Å²) in [6.45, 7) is 3.68. The molecule has 0 unspecified atom stereocenters. The van der Waals surface area contributed by atoms with Crippen molar-refractivity contribution in [3.05, 3.63) is 33.8 Å². The van der Waals surface area contributed by atoms with Crippen LogP contribution in [0.3, 0.4) is 0 Å². The summed E-state index contributed by atoms with van der Waals surface area (Å²) in [5.74, 6) is 0.120. The van der Waals surface area contributed by atoms with Crippen LogP contribution in [-0.4, -0.2) is 30.3 Å². The first-order valence-electron chi connectivity index (χ1n) is 7.87. The summed E-state index contributed by atoms with van der Waals surface area (Å²) in [7, 11) is 0. The van der Waals surface area contributed by atoms with Crippen LogP contribution in [0.5, 0.6) is 0 Å². The van der Waals surface area contributed by atoms with E-state index >= 15 is 0 Å². The Morgan fingerprint density at radius 1 is 1.05 bits per heavy atom. The highest BCUT2D eigenvalue weighted by Crippen LogP contribution is 2.23. The quantitative estimate of drug-likeness (QED) is 0.505. The van der Waals surface area contributed by atoms with E-state index in [1.807, 2.05) is 0 Å². The molecule has 2 nitrogen and oxygen atoms in total. The number of hydrogen-bond donors (Lipinski definition) is 0. The van der Waals surface area contributed by atoms with Crippen molar-refractivity contribution in [3.8, 4) is 0 Å². The van der Waals surface area contributed by atoms with Gasteiger partial charge in [0, 0.05) is 17.0 Å². The lowest BCUT2D eigenvalue weighted by molar-refractivity contribution is 0.0978. The molecule has 1 heterocycles. The number of Topliss-reactive ketones (excluding diaryl/α,β-unsaturated/α-hetero) is 1. The normalized spacial score (nSPS) is 16.1. The van der Waals surface area contributed by atoms with Gasteiger partial charge in [-0.25, -0.2) is 0 Å². The van der Waals surface area contributed by atoms with E-state index in [-0.39, 0.29) is 5.78 Å². The molecule has 4 heteroatoms. The van der Waals surface area contributed by atoms with Crippen molar-refractivity contribution in [1.29, 1.82) is 0 Å². The molecule has 0 aliphatic carbocycles. The number of rotatable bonds is 7. The standard InChI is InChI=1S/C17H23Cl2NO/c18-14-8-9-15(16(19)13-14)17(21)7-3-1-4-10-20-11-5-2-6-12-20/h8-9,13H,1-7,10-12H2. The minimum atomic E-state index is 0.120. The minimum absolute atomic E-state index is 0.120. The summed E-state index contributed by atoms with van der Waals surface area (Å²) in [4.78, 5) is 14.6. The maximum absolute atomic E-state index is 12.1. The number of unbranched alkanes of at least 4 members (excludes halogenated alkanes) is 2. The number of benzene rings is 1. The second kappa shape index (κ2) is 8.77. The lowest BCUT2D eigenvalue weighted by Crippen LogP contribution is -2.30. The molecule has 0 radical (unpaired) electrons. The van der Waals surface area contributed by atoms with E-state index in [0.717, 1.165) is 12.8 Å². The summed E-state index contributed by atoms with van der Waals surface area (Å²) in [6.07, 6.45) is 7.86. The monoisotopic (exact) mass is 327 g/mol. The fourth-order valence-electron chi connectivity index (χ4n) is 2.83. The third kappa shape index (κ3) is 5.61. The molecule has 1 aliphatic heterocycles. The van der Waals surface area contributed by atoms with Gasteiger partial charge < -0.3 is 4.90 Å². The van der Waals surface area contributed by atoms with Gasteiger partial charge in [-0.2, -0.15) is 0 Å². The molecule has 0 saturated carbocycles. The number of nitrogens with zero attached hydrogens (tertiary/aromatic N) is 1. The highest BCUT2D eigenvalue weighted by Gasteiger charge is 2.11. The molecule has 0 amide bonds. The van der Waals surface area contributed by atoms with Crippen molar-refractivity contribution < 1.29 is 4.79 Å². The minimum Gasteiger partial charge on any atom is -0.303 e. The van der Waals surface area contributed by atoms with Crippen LogP contribution in [0.4, 0.5) is 0 Å². The van der Waals surface area contributed by atoms with Gasteiger partial charge in [-0.05, 0) is 63.5 Å². The Hall–Kier alpha value is -0.570. The van der Waals surface area contributed by atoms with E-state index in [0.29, 0.717) is 22.0 Å². The van der Waals surface area contributed by atoms with Crippen molar-refractivity contribution >= 4 is 29.0 Å². The second-order valence-electron chi connectivity index (χ2n) is 5.76. The molecule has 0 spiro atoms. The summed E-state index contributed by atoms with van der Waals surface area (Å²) in [5.41, 5.74) is 0.595. The summed E-state index contributed by atoms with van der Waals surface area (Å²) in [5, 5.41) is 1.03. The van der Waals surface area contributed by atoms with Crippen LogP contribution >= 0.6 is 23.2 Å². The van der Waals surface area contributed by atoms with Crippen molar-refractivity contribution in [2.24, 2.45) is 0 Å². The summed E-state index contributed by atoms with van der Waals surface area (Å²) < 4.78 is 0. The SMILES string of the molecule is O=C(CCCCCN1CCCCC1)c1ccc(Cl)cc1Cl. The maximum Gasteiger partial charge on any atom is 0.164 e. The Balaban J connectivity index is 1.64. The van der Waals surface area contributed by atoms with Crippen LogP contribution in [-0.2, 0) is 0 Å². The average Bonchev–Trinajstić information content (AvgIpc) is 2.47. The van der Waals surface area contributed by atoms with E-state index in [1.54, 1.807) is 18.2 Å². The first-order chi connectivity index (χ1) is 10.2. The van der Waals surface area contributed by atoms with Gasteiger partial charge >= 0.3 is 0 Å². The lowest BCUT2D eigenvalue weighted by atomic mass is 10.0. The first-order valence-corrected chi connectivity index (χ1v) is 8.63. The summed E-state index contributed by atoms with van der Waals surface area (Å²) >= 11 is 11.9. The van der Waals surface area contributed by atoms with E-state index < -0.39 is 0 Å². The zero-order valence-electron chi connectivity index (χ0n) is 12.4. The number of hydrogen-bond acceptors (Lipinski definition) is 2. The Kier molecular flexibility index (Phi) is 7.01. The third-order valence-corrected chi connectivity index (χ3v) is 4.61. The van der Waals surface area contributed by atoms with E-state index in [2.05, 4.69) is 4.90 Å². The summed E-state index contributed by atoms with van der Waals surface area (Å²) in [6, 6.07) is 5.07. The lowest BCUT2D eigenvalue weighted by Gasteiger charge is -2.26. The highest BCUT2D eigenvalue weighted by atomic mass is 35.5. The van der Waals surface area contributed by atoms with Gasteiger partial charge in [-0.3, -0.25) is 4.79 Å². The Morgan fingerprint density at radius 3 is 2.52 bits per heavy atom. The number of piperidine rings is 1. The zero-order valence-corrected chi connectivity index (χ0v) is 13.9. The maximum atomic E-state index is 12.1. The molecule has 1 fully saturated rings. The molecule has 21 heavy (non-hydrogen) atoms. The van der Waals surface area contributed by atoms with Crippen LogP contribution in [0.15, 0.2) is 18.2 Å². The molecule has 0 N–H and O–H groups in total. The first kappa shape index (κ1) is 16.8. The van der Waals surface area contributed by atoms with Crippen molar-refractivity contribution in [2.75, 3.05) is 19.6 Å². The highest BCUT2D eigenvalue weighted by molar-refractivity contribution is 6.36. The smallest absolute Gasteiger partial charge is 0.164 e. The topological polar surface area (TPSA) is 20.3 Å². The molecule has 2 rings (SSSR count). The second-order valence-corrected chi connectivity index (χ2v) is 6.60. The van der Waals surface area contributed by atoms with Crippen molar-refractivity contribution in [1.82, 2.24) is 4.90 Å². The Bertz CT molecular complexity index is 470. The fraction of sp³-hybridized carbons (Fsp3) is 0.588. The molecule has 0 aromatic heterocycles. The average molecular weight is 328 g/mol. The molecule has 1 aromatic carbocycles. The number of ketones is 1. The number of carbonyl (C=O) groups is 1. The van der Waals surface area contributed by atoms with Crippen LogP contribution < -0.4 is 0 Å². The van der Waals surface area contributed by atoms with Gasteiger partial charge in [-0.15, -0.1) is 0 Å². The molecule has 1 saturated heterocycles. The molecule has 1 aromatic rings. The Morgan fingerprint density at radius 2 is 1.81 bits per heavy atom. The van der Waals surface area contributed by atoms with Gasteiger partial charge in [0.25, 0.3) is 0 Å². The fourth-order valence-corrected chi connectivity index (χ4v) is 3.34. The van der Waals surface area contributed by atoms with Gasteiger partial charge in [0.1, 0.15) is 0 Å².